The van der Waals surface area contributed by atoms with Gasteiger partial charge in [0.25, 0.3) is 0 Å². The van der Waals surface area contributed by atoms with Crippen LogP contribution in [0.4, 0.5) is 10.1 Å². The van der Waals surface area contributed by atoms with Crippen LogP contribution in [0.2, 0.25) is 0 Å². The lowest BCUT2D eigenvalue weighted by Crippen LogP contribution is -2.25. The second-order valence-electron chi connectivity index (χ2n) is 4.82. The van der Waals surface area contributed by atoms with E-state index in [-0.39, 0.29) is 24.9 Å². The van der Waals surface area contributed by atoms with Gasteiger partial charge in [-0.1, -0.05) is 34.1 Å². The van der Waals surface area contributed by atoms with Gasteiger partial charge in [0.15, 0.2) is 11.5 Å². The van der Waals surface area contributed by atoms with E-state index in [0.29, 0.717) is 22.7 Å². The van der Waals surface area contributed by atoms with Gasteiger partial charge in [-0.05, 0) is 30.2 Å². The quantitative estimate of drug-likeness (QED) is 0.843. The Morgan fingerprint density at radius 3 is 2.82 bits per heavy atom. The molecule has 1 heterocycles. The molecule has 0 spiro atoms. The topological polar surface area (TPSA) is 47.6 Å². The zero-order valence-corrected chi connectivity index (χ0v) is 13.1. The van der Waals surface area contributed by atoms with E-state index in [2.05, 4.69) is 21.2 Å². The third-order valence-corrected chi connectivity index (χ3v) is 4.02. The molecule has 0 aromatic heterocycles. The summed E-state index contributed by atoms with van der Waals surface area (Å²) in [7, 11) is 0. The Morgan fingerprint density at radius 1 is 1.23 bits per heavy atom. The third-order valence-electron chi connectivity index (χ3n) is 3.28. The maximum Gasteiger partial charge on any atom is 0.238 e. The van der Waals surface area contributed by atoms with Crippen LogP contribution in [0, 0.1) is 5.82 Å². The Kier molecular flexibility index (Phi) is 4.29. The lowest BCUT2D eigenvalue weighted by atomic mass is 10.1. The number of anilines is 1. The van der Waals surface area contributed by atoms with Crippen molar-refractivity contribution >= 4 is 27.5 Å². The van der Waals surface area contributed by atoms with E-state index < -0.39 is 4.83 Å². The molecule has 1 aliphatic rings. The van der Waals surface area contributed by atoms with Gasteiger partial charge in [-0.2, -0.15) is 0 Å². The van der Waals surface area contributed by atoms with Gasteiger partial charge in [0.2, 0.25) is 12.7 Å². The first kappa shape index (κ1) is 14.8. The number of halogens is 2. The van der Waals surface area contributed by atoms with Gasteiger partial charge < -0.3 is 14.8 Å². The number of amides is 1. The highest BCUT2D eigenvalue weighted by atomic mass is 79.9. The summed E-state index contributed by atoms with van der Waals surface area (Å²) in [6.07, 6.45) is 0.267. The number of hydrogen-bond donors (Lipinski definition) is 1. The highest BCUT2D eigenvalue weighted by Crippen LogP contribution is 2.34. The molecule has 1 N–H and O–H groups in total. The van der Waals surface area contributed by atoms with Crippen molar-refractivity contribution < 1.29 is 18.7 Å². The molecule has 2 aromatic carbocycles. The molecule has 1 aliphatic heterocycles. The van der Waals surface area contributed by atoms with Gasteiger partial charge in [0.1, 0.15) is 5.82 Å². The van der Waals surface area contributed by atoms with Crippen LogP contribution in [0.15, 0.2) is 42.5 Å². The highest BCUT2D eigenvalue weighted by Gasteiger charge is 2.19. The van der Waals surface area contributed by atoms with E-state index in [9.17, 15) is 9.18 Å². The van der Waals surface area contributed by atoms with Crippen molar-refractivity contribution in [2.75, 3.05) is 12.1 Å². The third kappa shape index (κ3) is 3.22. The normalized spacial score (nSPS) is 13.7. The maximum absolute atomic E-state index is 13.6. The fraction of sp³-hybridized carbons (Fsp3) is 0.188. The molecule has 4 nitrogen and oxygen atoms in total. The molecule has 0 saturated heterocycles. The van der Waals surface area contributed by atoms with Crippen molar-refractivity contribution in [2.24, 2.45) is 0 Å². The molecule has 1 unspecified atom stereocenters. The van der Waals surface area contributed by atoms with E-state index in [4.69, 9.17) is 9.47 Å². The minimum absolute atomic E-state index is 0.182. The molecule has 114 valence electrons. The van der Waals surface area contributed by atoms with Gasteiger partial charge in [-0.15, -0.1) is 0 Å². The molecule has 3 rings (SSSR count). The summed E-state index contributed by atoms with van der Waals surface area (Å²) in [6, 6.07) is 11.6. The summed E-state index contributed by atoms with van der Waals surface area (Å²) in [5.74, 6) is 0.683. The van der Waals surface area contributed by atoms with E-state index >= 15 is 0 Å². The van der Waals surface area contributed by atoms with Crippen LogP contribution in [0.1, 0.15) is 5.56 Å². The van der Waals surface area contributed by atoms with Crippen LogP contribution in [0.5, 0.6) is 11.5 Å². The summed E-state index contributed by atoms with van der Waals surface area (Å²) >= 11 is 3.30. The van der Waals surface area contributed by atoms with E-state index in [1.807, 2.05) is 0 Å². The van der Waals surface area contributed by atoms with Gasteiger partial charge in [0.05, 0.1) is 4.83 Å². The molecule has 1 amide bonds. The van der Waals surface area contributed by atoms with Gasteiger partial charge in [-0.25, -0.2) is 4.39 Å². The largest absolute Gasteiger partial charge is 0.454 e. The second-order valence-corrected chi connectivity index (χ2v) is 5.93. The first-order valence-corrected chi connectivity index (χ1v) is 7.63. The van der Waals surface area contributed by atoms with Crippen LogP contribution < -0.4 is 14.8 Å². The summed E-state index contributed by atoms with van der Waals surface area (Å²) in [4.78, 5) is 11.6. The molecule has 0 bridgehead atoms. The summed E-state index contributed by atoms with van der Waals surface area (Å²) in [5.41, 5.74) is 1.09. The second kappa shape index (κ2) is 6.36. The molecule has 22 heavy (non-hydrogen) atoms. The van der Waals surface area contributed by atoms with Gasteiger partial charge in [-0.3, -0.25) is 4.79 Å². The first-order valence-electron chi connectivity index (χ1n) is 6.71. The number of alkyl halides is 1. The molecule has 0 aliphatic carbocycles. The zero-order valence-electron chi connectivity index (χ0n) is 11.5. The van der Waals surface area contributed by atoms with Crippen molar-refractivity contribution in [1.82, 2.24) is 0 Å². The van der Waals surface area contributed by atoms with Gasteiger partial charge in [0, 0.05) is 11.8 Å². The molecule has 1 atom stereocenters. The molecule has 6 heteroatoms. The number of rotatable bonds is 4. The predicted molar refractivity (Wildman–Crippen MR) is 84.0 cm³/mol. The van der Waals surface area contributed by atoms with Crippen LogP contribution in [0.3, 0.4) is 0 Å². The maximum atomic E-state index is 13.6. The van der Waals surface area contributed by atoms with Crippen LogP contribution in [0.25, 0.3) is 0 Å². The first-order chi connectivity index (χ1) is 10.6. The Hall–Kier alpha value is -2.08. The Labute approximate surface area is 135 Å². The van der Waals surface area contributed by atoms with Crippen LogP contribution in [-0.4, -0.2) is 17.5 Å². The van der Waals surface area contributed by atoms with Crippen molar-refractivity contribution in [3.8, 4) is 11.5 Å². The number of ether oxygens (including phenoxy) is 2. The van der Waals surface area contributed by atoms with E-state index in [0.717, 1.165) is 0 Å². The monoisotopic (exact) mass is 365 g/mol. The minimum Gasteiger partial charge on any atom is -0.454 e. The summed E-state index contributed by atoms with van der Waals surface area (Å²) in [5, 5.41) is 2.77. The number of hydrogen-bond acceptors (Lipinski definition) is 3. The average molecular weight is 366 g/mol. The molecule has 0 radical (unpaired) electrons. The Balaban J connectivity index is 1.65. The number of carbonyl (C=O) groups is 1. The lowest BCUT2D eigenvalue weighted by molar-refractivity contribution is -0.115. The standard InChI is InChI=1S/C16H13BrFNO3/c17-12(7-10-3-1-2-4-13(10)18)16(20)19-11-5-6-14-15(8-11)22-9-21-14/h1-6,8,12H,7,9H2,(H,19,20). The number of fused-ring (bicyclic) bond motifs is 1. The molecular formula is C16H13BrFNO3. The summed E-state index contributed by atoms with van der Waals surface area (Å²) < 4.78 is 24.1. The average Bonchev–Trinajstić information content (AvgIpc) is 2.97. The number of nitrogens with one attached hydrogen (secondary N) is 1. The Morgan fingerprint density at radius 2 is 2.00 bits per heavy atom. The predicted octanol–water partition coefficient (Wildman–Crippen LogP) is 3.50. The van der Waals surface area contributed by atoms with E-state index in [1.165, 1.54) is 6.07 Å². The van der Waals surface area contributed by atoms with Crippen molar-refractivity contribution in [2.45, 2.75) is 11.2 Å². The minimum atomic E-state index is -0.533. The fourth-order valence-electron chi connectivity index (χ4n) is 2.14. The Bertz CT molecular complexity index is 708. The highest BCUT2D eigenvalue weighted by molar-refractivity contribution is 9.10. The van der Waals surface area contributed by atoms with Crippen molar-refractivity contribution in [3.05, 3.63) is 53.8 Å². The number of carbonyl (C=O) groups excluding carboxylic acids is 1. The zero-order chi connectivity index (χ0) is 15.5. The SMILES string of the molecule is O=C(Nc1ccc2c(c1)OCO2)C(Br)Cc1ccccc1F. The molecule has 0 fully saturated rings. The lowest BCUT2D eigenvalue weighted by Gasteiger charge is -2.12. The molecule has 0 saturated carbocycles. The summed E-state index contributed by atoms with van der Waals surface area (Å²) in [6.45, 7) is 0.182. The van der Waals surface area contributed by atoms with Crippen molar-refractivity contribution in [3.63, 3.8) is 0 Å². The fourth-order valence-corrected chi connectivity index (χ4v) is 2.61. The van der Waals surface area contributed by atoms with Gasteiger partial charge >= 0.3 is 0 Å². The molecule has 2 aromatic rings. The smallest absolute Gasteiger partial charge is 0.238 e. The van der Waals surface area contributed by atoms with Crippen LogP contribution >= 0.6 is 15.9 Å². The van der Waals surface area contributed by atoms with Crippen LogP contribution in [-0.2, 0) is 11.2 Å². The number of benzene rings is 2. The van der Waals surface area contributed by atoms with E-state index in [1.54, 1.807) is 36.4 Å². The van der Waals surface area contributed by atoms with Crippen molar-refractivity contribution in [1.29, 1.82) is 0 Å². The molecular weight excluding hydrogens is 353 g/mol.